The zero-order chi connectivity index (χ0) is 15.6. The summed E-state index contributed by atoms with van der Waals surface area (Å²) in [5.41, 5.74) is 6.33. The van der Waals surface area contributed by atoms with Crippen molar-refractivity contribution in [3.8, 4) is 0 Å². The van der Waals surface area contributed by atoms with E-state index in [2.05, 4.69) is 4.90 Å². The Morgan fingerprint density at radius 2 is 1.79 bits per heavy atom. The Hall–Kier alpha value is -0.810. The maximum Gasteiger partial charge on any atom is 0.246 e. The lowest BCUT2D eigenvalue weighted by Gasteiger charge is -2.30. The van der Waals surface area contributed by atoms with Gasteiger partial charge in [0, 0.05) is 19.6 Å². The molecule has 0 spiro atoms. The third-order valence-corrected chi connectivity index (χ3v) is 5.11. The number of halogens is 2. The molecule has 6 heteroatoms. The van der Waals surface area contributed by atoms with Crippen LogP contribution in [0.3, 0.4) is 0 Å². The van der Waals surface area contributed by atoms with E-state index in [0.29, 0.717) is 5.92 Å². The molecule has 2 saturated heterocycles. The quantitative estimate of drug-likeness (QED) is 0.882. The summed E-state index contributed by atoms with van der Waals surface area (Å²) in [4.78, 5) is 17.3. The average Bonchev–Trinajstić information content (AvgIpc) is 3.20. The van der Waals surface area contributed by atoms with E-state index in [1.165, 1.54) is 25.9 Å². The van der Waals surface area contributed by atoms with Gasteiger partial charge >= 0.3 is 0 Å². The van der Waals surface area contributed by atoms with Crippen LogP contribution in [-0.2, 0) is 10.3 Å². The van der Waals surface area contributed by atoms with Crippen molar-refractivity contribution < 1.29 is 4.79 Å². The van der Waals surface area contributed by atoms with Gasteiger partial charge in [0.1, 0.15) is 5.54 Å². The minimum atomic E-state index is -0.927. The SMILES string of the molecule is CC(N)(C(=O)N1CCC(CN2CCCC2)C1)c1ccccc1.Cl.Cl. The van der Waals surface area contributed by atoms with E-state index in [1.54, 1.807) is 0 Å². The lowest BCUT2D eigenvalue weighted by Crippen LogP contribution is -2.50. The van der Waals surface area contributed by atoms with Crippen molar-refractivity contribution in [2.24, 2.45) is 11.7 Å². The van der Waals surface area contributed by atoms with Crippen LogP contribution in [0.15, 0.2) is 30.3 Å². The van der Waals surface area contributed by atoms with Crippen LogP contribution in [0.5, 0.6) is 0 Å². The molecule has 1 aromatic carbocycles. The minimum Gasteiger partial charge on any atom is -0.340 e. The molecule has 0 saturated carbocycles. The summed E-state index contributed by atoms with van der Waals surface area (Å²) in [6.07, 6.45) is 3.75. The second kappa shape index (κ2) is 9.04. The molecular formula is C18H29Cl2N3O. The normalized spacial score (nSPS) is 23.2. The maximum absolute atomic E-state index is 12.8. The summed E-state index contributed by atoms with van der Waals surface area (Å²) in [6, 6.07) is 9.71. The van der Waals surface area contributed by atoms with Gasteiger partial charge in [-0.15, -0.1) is 24.8 Å². The summed E-state index contributed by atoms with van der Waals surface area (Å²) < 4.78 is 0. The summed E-state index contributed by atoms with van der Waals surface area (Å²) in [7, 11) is 0. The molecule has 2 atom stereocenters. The molecule has 2 unspecified atom stereocenters. The first-order valence-corrected chi connectivity index (χ1v) is 8.43. The molecule has 2 aliphatic heterocycles. The lowest BCUT2D eigenvalue weighted by atomic mass is 9.92. The largest absolute Gasteiger partial charge is 0.340 e. The van der Waals surface area contributed by atoms with Crippen LogP contribution >= 0.6 is 24.8 Å². The average molecular weight is 374 g/mol. The van der Waals surface area contributed by atoms with Crippen LogP contribution < -0.4 is 5.73 Å². The van der Waals surface area contributed by atoms with Crippen LogP contribution in [0, 0.1) is 5.92 Å². The molecule has 24 heavy (non-hydrogen) atoms. The van der Waals surface area contributed by atoms with Gasteiger partial charge < -0.3 is 15.5 Å². The monoisotopic (exact) mass is 373 g/mol. The second-order valence-corrected chi connectivity index (χ2v) is 6.98. The summed E-state index contributed by atoms with van der Waals surface area (Å²) >= 11 is 0. The number of carbonyl (C=O) groups is 1. The van der Waals surface area contributed by atoms with Gasteiger partial charge in [0.05, 0.1) is 0 Å². The van der Waals surface area contributed by atoms with Crippen LogP contribution in [0.25, 0.3) is 0 Å². The molecule has 2 aliphatic rings. The summed E-state index contributed by atoms with van der Waals surface area (Å²) in [5, 5.41) is 0. The molecule has 0 aromatic heterocycles. The molecule has 4 nitrogen and oxygen atoms in total. The third kappa shape index (κ3) is 4.63. The smallest absolute Gasteiger partial charge is 0.246 e. The highest BCUT2D eigenvalue weighted by atomic mass is 35.5. The first-order chi connectivity index (χ1) is 10.6. The van der Waals surface area contributed by atoms with Crippen LogP contribution in [0.1, 0.15) is 31.7 Å². The third-order valence-electron chi connectivity index (χ3n) is 5.11. The van der Waals surface area contributed by atoms with Gasteiger partial charge in [0.2, 0.25) is 5.91 Å². The summed E-state index contributed by atoms with van der Waals surface area (Å²) in [6.45, 7) is 7.12. The Labute approximate surface area is 157 Å². The highest BCUT2D eigenvalue weighted by Crippen LogP contribution is 2.26. The number of rotatable bonds is 4. The first-order valence-electron chi connectivity index (χ1n) is 8.43. The number of nitrogens with zero attached hydrogens (tertiary/aromatic N) is 2. The molecule has 0 aliphatic carbocycles. The Morgan fingerprint density at radius 3 is 2.42 bits per heavy atom. The molecule has 3 rings (SSSR count). The van der Waals surface area contributed by atoms with E-state index < -0.39 is 5.54 Å². The first kappa shape index (κ1) is 21.2. The van der Waals surface area contributed by atoms with E-state index in [4.69, 9.17) is 5.73 Å². The Kier molecular flexibility index (Phi) is 8.00. The topological polar surface area (TPSA) is 49.6 Å². The van der Waals surface area contributed by atoms with E-state index in [-0.39, 0.29) is 30.7 Å². The van der Waals surface area contributed by atoms with Crippen LogP contribution in [0.4, 0.5) is 0 Å². The minimum absolute atomic E-state index is 0. The fraction of sp³-hybridized carbons (Fsp3) is 0.611. The highest BCUT2D eigenvalue weighted by Gasteiger charge is 2.38. The second-order valence-electron chi connectivity index (χ2n) is 6.98. The maximum atomic E-state index is 12.8. The van der Waals surface area contributed by atoms with E-state index >= 15 is 0 Å². The number of amides is 1. The van der Waals surface area contributed by atoms with Crippen molar-refractivity contribution in [3.05, 3.63) is 35.9 Å². The van der Waals surface area contributed by atoms with Crippen molar-refractivity contribution in [1.29, 1.82) is 0 Å². The number of nitrogens with two attached hydrogens (primary N) is 1. The van der Waals surface area contributed by atoms with E-state index in [9.17, 15) is 4.79 Å². The number of benzene rings is 1. The highest BCUT2D eigenvalue weighted by molar-refractivity contribution is 5.87. The molecule has 1 amide bonds. The predicted molar refractivity (Wildman–Crippen MR) is 103 cm³/mol. The Bertz CT molecular complexity index is 518. The van der Waals surface area contributed by atoms with Gasteiger partial charge in [-0.3, -0.25) is 4.79 Å². The van der Waals surface area contributed by atoms with E-state index in [0.717, 1.165) is 31.6 Å². The Morgan fingerprint density at radius 1 is 1.17 bits per heavy atom. The van der Waals surface area contributed by atoms with Gasteiger partial charge in [-0.2, -0.15) is 0 Å². The number of hydrogen-bond acceptors (Lipinski definition) is 3. The van der Waals surface area contributed by atoms with Gasteiger partial charge in [0.15, 0.2) is 0 Å². The molecule has 2 heterocycles. The number of hydrogen-bond donors (Lipinski definition) is 1. The molecule has 136 valence electrons. The molecule has 1 aromatic rings. The molecule has 0 radical (unpaired) electrons. The standard InChI is InChI=1S/C18H27N3O.2ClH/c1-18(19,16-7-3-2-4-8-16)17(22)21-12-9-15(14-21)13-20-10-5-6-11-20;;/h2-4,7-8,15H,5-6,9-14,19H2,1H3;2*1H. The van der Waals surface area contributed by atoms with Crippen molar-refractivity contribution in [2.45, 2.75) is 31.7 Å². The number of carbonyl (C=O) groups excluding carboxylic acids is 1. The molecule has 2 fully saturated rings. The van der Waals surface area contributed by atoms with Gasteiger partial charge in [0.25, 0.3) is 0 Å². The number of likely N-dealkylation sites (tertiary alicyclic amines) is 2. The van der Waals surface area contributed by atoms with Gasteiger partial charge in [-0.05, 0) is 50.8 Å². The zero-order valence-corrected chi connectivity index (χ0v) is 16.0. The summed E-state index contributed by atoms with van der Waals surface area (Å²) in [5.74, 6) is 0.663. The fourth-order valence-electron chi connectivity index (χ4n) is 3.73. The van der Waals surface area contributed by atoms with Crippen LogP contribution in [0.2, 0.25) is 0 Å². The molecule has 0 bridgehead atoms. The van der Waals surface area contributed by atoms with Crippen molar-refractivity contribution in [2.75, 3.05) is 32.7 Å². The molecular weight excluding hydrogens is 345 g/mol. The zero-order valence-electron chi connectivity index (χ0n) is 14.3. The van der Waals surface area contributed by atoms with Crippen molar-refractivity contribution in [3.63, 3.8) is 0 Å². The molecule has 2 N–H and O–H groups in total. The van der Waals surface area contributed by atoms with Gasteiger partial charge in [-0.1, -0.05) is 30.3 Å². The van der Waals surface area contributed by atoms with Crippen molar-refractivity contribution in [1.82, 2.24) is 9.80 Å². The van der Waals surface area contributed by atoms with Crippen molar-refractivity contribution >= 4 is 30.7 Å². The van der Waals surface area contributed by atoms with E-state index in [1.807, 2.05) is 42.2 Å². The van der Waals surface area contributed by atoms with Crippen LogP contribution in [-0.4, -0.2) is 48.4 Å². The fourth-order valence-corrected chi connectivity index (χ4v) is 3.73. The van der Waals surface area contributed by atoms with Gasteiger partial charge in [-0.25, -0.2) is 0 Å². The lowest BCUT2D eigenvalue weighted by molar-refractivity contribution is -0.135. The Balaban J connectivity index is 0.00000144. The predicted octanol–water partition coefficient (Wildman–Crippen LogP) is 2.65.